The van der Waals surface area contributed by atoms with E-state index in [-0.39, 0.29) is 73.6 Å². The number of amides is 4. The molecule has 1 heterocycles. The highest BCUT2D eigenvalue weighted by Crippen LogP contribution is 2.34. The predicted molar refractivity (Wildman–Crippen MR) is 195 cm³/mol. The number of ether oxygens (including phenoxy) is 2. The number of aldehydes is 1. The van der Waals surface area contributed by atoms with E-state index in [2.05, 4.69) is 42.0 Å². The van der Waals surface area contributed by atoms with Gasteiger partial charge in [-0.2, -0.15) is 0 Å². The molecule has 4 amide bonds. The van der Waals surface area contributed by atoms with Gasteiger partial charge in [-0.3, -0.25) is 34.1 Å². The average Bonchev–Trinajstić information content (AvgIpc) is 3.35. The SMILES string of the molecule is CC(=O)CN1CC(C=O)(SC[C@@H](N)C(=O)NCCCC[C@H](NC(C)(C)C(=O)CCC(=O)NCCOCCOCCNC(C)(C)C)C(N)=O)CC1=O. The lowest BCUT2D eigenvalue weighted by Crippen LogP contribution is -2.55. The van der Waals surface area contributed by atoms with E-state index in [4.69, 9.17) is 20.9 Å². The van der Waals surface area contributed by atoms with Gasteiger partial charge in [0.2, 0.25) is 23.6 Å². The van der Waals surface area contributed by atoms with Gasteiger partial charge in [0.25, 0.3) is 0 Å². The molecular formula is C34H61N7O9S. The van der Waals surface area contributed by atoms with E-state index in [9.17, 15) is 33.6 Å². The molecule has 0 radical (unpaired) electrons. The number of rotatable bonds is 28. The third-order valence-corrected chi connectivity index (χ3v) is 9.46. The summed E-state index contributed by atoms with van der Waals surface area (Å²) in [5.74, 6) is -1.96. The number of carbonyl (C=O) groups excluding carboxylic acids is 7. The standard InChI is InChI=1S/C34H61N7O9S/c1-24(43)20-41-22-34(23-42,19-29(41)46)51-21-25(35)31(48)38-12-8-7-9-26(30(36)47)40-33(5,6)27(44)10-11-28(45)37-13-15-49-17-18-50-16-14-39-32(2,3)4/h23,25-26,39-40H,7-22,35H2,1-6H3,(H2,36,47)(H,37,45)(H,38,48)/t25-,26+,34?/m1/s1. The lowest BCUT2D eigenvalue weighted by Gasteiger charge is -2.29. The maximum absolute atomic E-state index is 12.9. The topological polar surface area (TPSA) is 241 Å². The van der Waals surface area contributed by atoms with Crippen molar-refractivity contribution in [3.8, 4) is 0 Å². The fourth-order valence-corrected chi connectivity index (χ4v) is 6.32. The molecule has 1 aliphatic rings. The zero-order valence-electron chi connectivity index (χ0n) is 31.2. The largest absolute Gasteiger partial charge is 0.378 e. The Morgan fingerprint density at radius 2 is 1.61 bits per heavy atom. The van der Waals surface area contributed by atoms with E-state index in [0.717, 1.165) is 18.3 Å². The lowest BCUT2D eigenvalue weighted by molar-refractivity contribution is -0.131. The van der Waals surface area contributed by atoms with Gasteiger partial charge in [0.1, 0.15) is 12.1 Å². The number of likely N-dealkylation sites (tertiary alicyclic amines) is 1. The molecule has 1 rings (SSSR count). The van der Waals surface area contributed by atoms with Crippen molar-refractivity contribution in [3.63, 3.8) is 0 Å². The van der Waals surface area contributed by atoms with Gasteiger partial charge in [-0.05, 0) is 60.8 Å². The molecule has 0 aromatic heterocycles. The summed E-state index contributed by atoms with van der Waals surface area (Å²) in [5.41, 5.74) is 10.6. The summed E-state index contributed by atoms with van der Waals surface area (Å²) < 4.78 is 9.89. The Balaban J connectivity index is 2.30. The van der Waals surface area contributed by atoms with Crippen LogP contribution in [0.4, 0.5) is 0 Å². The van der Waals surface area contributed by atoms with Crippen LogP contribution in [0, 0.1) is 0 Å². The molecule has 51 heavy (non-hydrogen) atoms. The van der Waals surface area contributed by atoms with Crippen LogP contribution in [0.1, 0.15) is 80.1 Å². The van der Waals surface area contributed by atoms with E-state index in [1.54, 1.807) is 13.8 Å². The van der Waals surface area contributed by atoms with Crippen molar-refractivity contribution in [1.82, 2.24) is 26.2 Å². The molecule has 0 spiro atoms. The average molecular weight is 744 g/mol. The van der Waals surface area contributed by atoms with Crippen LogP contribution in [-0.4, -0.2) is 139 Å². The summed E-state index contributed by atoms with van der Waals surface area (Å²) in [4.78, 5) is 86.7. The van der Waals surface area contributed by atoms with Gasteiger partial charge in [0, 0.05) is 56.7 Å². The molecule has 0 bridgehead atoms. The maximum atomic E-state index is 12.9. The number of primary amides is 1. The Kier molecular flexibility index (Phi) is 20.6. The fourth-order valence-electron chi connectivity index (χ4n) is 5.12. The second kappa shape index (κ2) is 22.9. The van der Waals surface area contributed by atoms with Gasteiger partial charge < -0.3 is 46.6 Å². The minimum absolute atomic E-state index is 0.0119. The molecule has 0 aliphatic carbocycles. The molecule has 8 N–H and O–H groups in total. The number of nitrogens with one attached hydrogen (secondary N) is 4. The smallest absolute Gasteiger partial charge is 0.237 e. The highest BCUT2D eigenvalue weighted by Gasteiger charge is 2.44. The number of hydrogen-bond donors (Lipinski definition) is 6. The van der Waals surface area contributed by atoms with Crippen LogP contribution in [0.25, 0.3) is 0 Å². The van der Waals surface area contributed by atoms with Crippen molar-refractivity contribution in [2.24, 2.45) is 11.5 Å². The van der Waals surface area contributed by atoms with Crippen molar-refractivity contribution in [2.75, 3.05) is 64.9 Å². The molecule has 1 aliphatic heterocycles. The van der Waals surface area contributed by atoms with Gasteiger partial charge in [-0.25, -0.2) is 0 Å². The van der Waals surface area contributed by atoms with Crippen LogP contribution in [0.2, 0.25) is 0 Å². The number of ketones is 2. The number of carbonyl (C=O) groups is 7. The predicted octanol–water partition coefficient (Wildman–Crippen LogP) is -0.799. The minimum Gasteiger partial charge on any atom is -0.378 e. The van der Waals surface area contributed by atoms with E-state index >= 15 is 0 Å². The van der Waals surface area contributed by atoms with E-state index in [1.165, 1.54) is 11.8 Å². The Morgan fingerprint density at radius 1 is 0.961 bits per heavy atom. The number of nitrogens with two attached hydrogens (primary N) is 2. The summed E-state index contributed by atoms with van der Waals surface area (Å²) in [7, 11) is 0. The molecule has 0 aromatic rings. The Labute approximate surface area is 306 Å². The van der Waals surface area contributed by atoms with E-state index in [0.29, 0.717) is 58.5 Å². The third kappa shape index (κ3) is 19.5. The van der Waals surface area contributed by atoms with Crippen molar-refractivity contribution < 1.29 is 43.0 Å². The molecule has 0 saturated carbocycles. The second-order valence-electron chi connectivity index (χ2n) is 14.4. The monoisotopic (exact) mass is 743 g/mol. The van der Waals surface area contributed by atoms with Crippen LogP contribution in [0.5, 0.6) is 0 Å². The maximum Gasteiger partial charge on any atom is 0.237 e. The van der Waals surface area contributed by atoms with E-state index in [1.807, 2.05) is 0 Å². The zero-order chi connectivity index (χ0) is 38.7. The molecular weight excluding hydrogens is 682 g/mol. The molecule has 1 saturated heterocycles. The Hall–Kier alpha value is -2.96. The van der Waals surface area contributed by atoms with Gasteiger partial charge in [0.15, 0.2) is 5.78 Å². The fraction of sp³-hybridized carbons (Fsp3) is 0.794. The summed E-state index contributed by atoms with van der Waals surface area (Å²) >= 11 is 1.13. The van der Waals surface area contributed by atoms with Crippen molar-refractivity contribution in [1.29, 1.82) is 0 Å². The molecule has 0 aromatic carbocycles. The molecule has 3 atom stereocenters. The number of thioether (sulfide) groups is 1. The van der Waals surface area contributed by atoms with Gasteiger partial charge in [0.05, 0.1) is 55.3 Å². The van der Waals surface area contributed by atoms with Gasteiger partial charge in [-0.15, -0.1) is 11.8 Å². The van der Waals surface area contributed by atoms with E-state index < -0.39 is 34.2 Å². The van der Waals surface area contributed by atoms with Crippen LogP contribution in [0.3, 0.4) is 0 Å². The molecule has 1 unspecified atom stereocenters. The third-order valence-electron chi connectivity index (χ3n) is 7.99. The zero-order valence-corrected chi connectivity index (χ0v) is 32.0. The highest BCUT2D eigenvalue weighted by molar-refractivity contribution is 8.01. The van der Waals surface area contributed by atoms with Crippen LogP contribution < -0.4 is 32.7 Å². The quantitative estimate of drug-likeness (QED) is 0.0426. The first-order valence-electron chi connectivity index (χ1n) is 17.5. The summed E-state index contributed by atoms with van der Waals surface area (Å²) in [6, 6.07) is -1.73. The lowest BCUT2D eigenvalue weighted by atomic mass is 9.93. The second-order valence-corrected chi connectivity index (χ2v) is 15.8. The van der Waals surface area contributed by atoms with Crippen LogP contribution >= 0.6 is 11.8 Å². The summed E-state index contributed by atoms with van der Waals surface area (Å²) in [5, 5.41) is 11.8. The number of nitrogens with zero attached hydrogens (tertiary/aromatic N) is 1. The number of unbranched alkanes of at least 4 members (excludes halogenated alkanes) is 1. The normalized spacial score (nSPS) is 17.5. The molecule has 17 heteroatoms. The van der Waals surface area contributed by atoms with Crippen LogP contribution in [-0.2, 0) is 43.0 Å². The number of Topliss-reactive ketones (excluding diaryl/α,β-unsaturated/α-hetero) is 2. The summed E-state index contributed by atoms with van der Waals surface area (Å²) in [6.07, 6.45) is 1.91. The number of hydrogen-bond acceptors (Lipinski definition) is 13. The highest BCUT2D eigenvalue weighted by atomic mass is 32.2. The van der Waals surface area contributed by atoms with Crippen molar-refractivity contribution in [3.05, 3.63) is 0 Å². The van der Waals surface area contributed by atoms with Crippen LogP contribution in [0.15, 0.2) is 0 Å². The molecule has 16 nitrogen and oxygen atoms in total. The molecule has 292 valence electrons. The minimum atomic E-state index is -1.12. The first kappa shape index (κ1) is 46.1. The summed E-state index contributed by atoms with van der Waals surface area (Å²) in [6.45, 7) is 14.0. The first-order valence-corrected chi connectivity index (χ1v) is 18.5. The Bertz CT molecular complexity index is 1180. The van der Waals surface area contributed by atoms with Crippen molar-refractivity contribution >= 4 is 53.2 Å². The Morgan fingerprint density at radius 3 is 2.20 bits per heavy atom. The van der Waals surface area contributed by atoms with Gasteiger partial charge in [-0.1, -0.05) is 0 Å². The first-order chi connectivity index (χ1) is 23.8. The molecule has 1 fully saturated rings. The van der Waals surface area contributed by atoms with Gasteiger partial charge >= 0.3 is 0 Å². The van der Waals surface area contributed by atoms with Crippen molar-refractivity contribution in [2.45, 2.75) is 108 Å².